The molecule has 1 unspecified atom stereocenters. The van der Waals surface area contributed by atoms with Crippen LogP contribution in [0, 0.1) is 6.92 Å². The van der Waals surface area contributed by atoms with Crippen LogP contribution in [0.5, 0.6) is 0 Å². The number of halogens is 1. The monoisotopic (exact) mass is 357 g/mol. The molecular formula is C19H20ClN3O2. The molecule has 3 N–H and O–H groups in total. The van der Waals surface area contributed by atoms with Crippen molar-refractivity contribution < 1.29 is 9.21 Å². The number of oxazole rings is 1. The lowest BCUT2D eigenvalue weighted by Gasteiger charge is -2.12. The molecule has 25 heavy (non-hydrogen) atoms. The second-order valence-corrected chi connectivity index (χ2v) is 6.39. The third kappa shape index (κ3) is 3.67. The summed E-state index contributed by atoms with van der Waals surface area (Å²) in [7, 11) is 0. The van der Waals surface area contributed by atoms with E-state index in [1.54, 1.807) is 0 Å². The molecule has 1 fully saturated rings. The smallest absolute Gasteiger partial charge is 0.245 e. The van der Waals surface area contributed by atoms with Crippen LogP contribution >= 0.6 is 12.4 Å². The largest absolute Gasteiger partial charge is 0.440 e. The Balaban J connectivity index is 0.00000182. The van der Waals surface area contributed by atoms with Gasteiger partial charge < -0.3 is 15.5 Å². The lowest BCUT2D eigenvalue weighted by molar-refractivity contribution is -0.117. The second-order valence-electron chi connectivity index (χ2n) is 6.39. The van der Waals surface area contributed by atoms with Crippen LogP contribution in [-0.4, -0.2) is 10.9 Å². The van der Waals surface area contributed by atoms with E-state index in [0.29, 0.717) is 11.6 Å². The minimum Gasteiger partial charge on any atom is -0.440 e. The maximum atomic E-state index is 12.4. The highest BCUT2D eigenvalue weighted by molar-refractivity contribution is 5.96. The molecule has 0 saturated heterocycles. The summed E-state index contributed by atoms with van der Waals surface area (Å²) < 4.78 is 5.73. The van der Waals surface area contributed by atoms with E-state index in [9.17, 15) is 4.79 Å². The first kappa shape index (κ1) is 17.5. The summed E-state index contributed by atoms with van der Waals surface area (Å²) in [4.78, 5) is 16.9. The van der Waals surface area contributed by atoms with Crippen molar-refractivity contribution in [2.45, 2.75) is 31.7 Å². The highest BCUT2D eigenvalue weighted by atomic mass is 35.5. The Morgan fingerprint density at radius 1 is 1.24 bits per heavy atom. The molecule has 0 aliphatic heterocycles. The molecule has 1 saturated carbocycles. The predicted octanol–water partition coefficient (Wildman–Crippen LogP) is 4.07. The Morgan fingerprint density at radius 2 is 1.96 bits per heavy atom. The van der Waals surface area contributed by atoms with Crippen molar-refractivity contribution in [2.24, 2.45) is 5.73 Å². The third-order valence-corrected chi connectivity index (χ3v) is 4.32. The number of anilines is 1. The Kier molecular flexibility index (Phi) is 4.79. The Morgan fingerprint density at radius 3 is 2.64 bits per heavy atom. The van der Waals surface area contributed by atoms with Gasteiger partial charge in [-0.05, 0) is 43.5 Å². The maximum Gasteiger partial charge on any atom is 0.245 e. The van der Waals surface area contributed by atoms with Gasteiger partial charge in [0.2, 0.25) is 5.91 Å². The van der Waals surface area contributed by atoms with Gasteiger partial charge in [0.15, 0.2) is 11.5 Å². The van der Waals surface area contributed by atoms with Crippen LogP contribution in [0.15, 0.2) is 46.9 Å². The van der Waals surface area contributed by atoms with Gasteiger partial charge in [0.1, 0.15) is 11.6 Å². The molecule has 1 aliphatic carbocycles. The summed E-state index contributed by atoms with van der Waals surface area (Å²) in [6.07, 6.45) is 2.28. The van der Waals surface area contributed by atoms with Crippen LogP contribution in [0.1, 0.15) is 41.8 Å². The summed E-state index contributed by atoms with van der Waals surface area (Å²) in [6, 6.07) is 12.4. The quantitative estimate of drug-likeness (QED) is 0.737. The normalized spacial score (nSPS) is 14.8. The molecule has 0 bridgehead atoms. The Bertz CT molecular complexity index is 901. The summed E-state index contributed by atoms with van der Waals surface area (Å²) >= 11 is 0. The van der Waals surface area contributed by atoms with Crippen molar-refractivity contribution in [3.63, 3.8) is 0 Å². The Hall–Kier alpha value is -2.37. The van der Waals surface area contributed by atoms with E-state index < -0.39 is 6.04 Å². The average Bonchev–Trinajstić information content (AvgIpc) is 3.34. The van der Waals surface area contributed by atoms with Crippen molar-refractivity contribution in [1.29, 1.82) is 0 Å². The summed E-state index contributed by atoms with van der Waals surface area (Å²) in [5, 5.41) is 2.86. The van der Waals surface area contributed by atoms with Crippen LogP contribution in [0.2, 0.25) is 0 Å². The minimum absolute atomic E-state index is 0. The molecule has 2 aromatic carbocycles. The SMILES string of the molecule is Cc1ccc(C(N)C(=O)Nc2ccc3oc(C4CC4)nc3c2)cc1.Cl. The second kappa shape index (κ2) is 6.86. The van der Waals surface area contributed by atoms with E-state index in [2.05, 4.69) is 10.3 Å². The van der Waals surface area contributed by atoms with Gasteiger partial charge in [-0.3, -0.25) is 4.79 Å². The Labute approximate surface area is 152 Å². The van der Waals surface area contributed by atoms with Crippen LogP contribution in [-0.2, 0) is 4.79 Å². The molecule has 1 aliphatic rings. The number of nitrogens with zero attached hydrogens (tertiary/aromatic N) is 1. The van der Waals surface area contributed by atoms with Gasteiger partial charge in [-0.15, -0.1) is 12.4 Å². The fourth-order valence-corrected chi connectivity index (χ4v) is 2.67. The molecule has 1 heterocycles. The number of nitrogens with two attached hydrogens (primary N) is 1. The number of rotatable bonds is 4. The number of hydrogen-bond acceptors (Lipinski definition) is 4. The topological polar surface area (TPSA) is 81.2 Å². The van der Waals surface area contributed by atoms with Gasteiger partial charge in [0.05, 0.1) is 0 Å². The number of amides is 1. The standard InChI is InChI=1S/C19H19N3O2.ClH/c1-11-2-4-12(5-3-11)17(20)18(23)21-14-8-9-16-15(10-14)22-19(24-16)13-6-7-13;/h2-5,8-10,13,17H,6-7,20H2,1H3,(H,21,23);1H. The molecule has 5 nitrogen and oxygen atoms in total. The van der Waals surface area contributed by atoms with E-state index >= 15 is 0 Å². The lowest BCUT2D eigenvalue weighted by Crippen LogP contribution is -2.27. The van der Waals surface area contributed by atoms with Crippen molar-refractivity contribution in [2.75, 3.05) is 5.32 Å². The van der Waals surface area contributed by atoms with Crippen molar-refractivity contribution in [1.82, 2.24) is 4.98 Å². The first-order valence-electron chi connectivity index (χ1n) is 8.13. The van der Waals surface area contributed by atoms with Gasteiger partial charge in [-0.1, -0.05) is 29.8 Å². The van der Waals surface area contributed by atoms with Crippen LogP contribution < -0.4 is 11.1 Å². The summed E-state index contributed by atoms with van der Waals surface area (Å²) in [5.41, 5.74) is 10.2. The molecule has 0 spiro atoms. The number of carbonyl (C=O) groups is 1. The van der Waals surface area contributed by atoms with Crippen molar-refractivity contribution in [3.05, 3.63) is 59.5 Å². The van der Waals surface area contributed by atoms with Crippen molar-refractivity contribution >= 4 is 35.1 Å². The number of carbonyl (C=O) groups excluding carboxylic acids is 1. The fraction of sp³-hybridized carbons (Fsp3) is 0.263. The summed E-state index contributed by atoms with van der Waals surface area (Å²) in [5.74, 6) is 1.01. The molecule has 1 aromatic heterocycles. The molecular weight excluding hydrogens is 338 g/mol. The van der Waals surface area contributed by atoms with Gasteiger partial charge in [0.25, 0.3) is 0 Å². The first-order valence-corrected chi connectivity index (χ1v) is 8.13. The number of aromatic nitrogens is 1. The van der Waals surface area contributed by atoms with E-state index in [1.807, 2.05) is 49.4 Å². The first-order chi connectivity index (χ1) is 11.6. The summed E-state index contributed by atoms with van der Waals surface area (Å²) in [6.45, 7) is 2.00. The van der Waals surface area contributed by atoms with E-state index in [0.717, 1.165) is 41.0 Å². The van der Waals surface area contributed by atoms with Crippen LogP contribution in [0.3, 0.4) is 0 Å². The molecule has 1 amide bonds. The van der Waals surface area contributed by atoms with Gasteiger partial charge in [-0.25, -0.2) is 4.98 Å². The molecule has 0 radical (unpaired) electrons. The number of hydrogen-bond donors (Lipinski definition) is 2. The van der Waals surface area contributed by atoms with E-state index in [-0.39, 0.29) is 18.3 Å². The minimum atomic E-state index is -0.708. The zero-order valence-electron chi connectivity index (χ0n) is 13.9. The molecule has 3 aromatic rings. The molecule has 130 valence electrons. The third-order valence-electron chi connectivity index (χ3n) is 4.32. The highest BCUT2D eigenvalue weighted by Gasteiger charge is 2.29. The molecule has 1 atom stereocenters. The number of aryl methyl sites for hydroxylation is 1. The zero-order valence-corrected chi connectivity index (χ0v) is 14.7. The van der Waals surface area contributed by atoms with Gasteiger partial charge in [0, 0.05) is 11.6 Å². The van der Waals surface area contributed by atoms with E-state index in [4.69, 9.17) is 10.2 Å². The lowest BCUT2D eigenvalue weighted by atomic mass is 10.1. The van der Waals surface area contributed by atoms with E-state index in [1.165, 1.54) is 0 Å². The number of fused-ring (bicyclic) bond motifs is 1. The number of benzene rings is 2. The number of nitrogens with one attached hydrogen (secondary N) is 1. The average molecular weight is 358 g/mol. The highest BCUT2D eigenvalue weighted by Crippen LogP contribution is 2.40. The molecule has 4 rings (SSSR count). The maximum absolute atomic E-state index is 12.4. The zero-order chi connectivity index (χ0) is 16.7. The fourth-order valence-electron chi connectivity index (χ4n) is 2.67. The van der Waals surface area contributed by atoms with Crippen LogP contribution in [0.25, 0.3) is 11.1 Å². The predicted molar refractivity (Wildman–Crippen MR) is 100.0 cm³/mol. The van der Waals surface area contributed by atoms with Gasteiger partial charge in [-0.2, -0.15) is 0 Å². The van der Waals surface area contributed by atoms with Crippen LogP contribution in [0.4, 0.5) is 5.69 Å². The molecule has 6 heteroatoms. The van der Waals surface area contributed by atoms with Crippen molar-refractivity contribution in [3.8, 4) is 0 Å². The van der Waals surface area contributed by atoms with Gasteiger partial charge >= 0.3 is 0 Å².